The molecule has 0 fully saturated rings. The fourth-order valence-electron chi connectivity index (χ4n) is 0.874. The first-order chi connectivity index (χ1) is 6.00. The summed E-state index contributed by atoms with van der Waals surface area (Å²) in [7, 11) is 0. The summed E-state index contributed by atoms with van der Waals surface area (Å²) in [4.78, 5) is 11.9. The molecule has 0 aliphatic carbocycles. The fraction of sp³-hybridized carbons (Fsp3) is 0.286. The van der Waals surface area contributed by atoms with Gasteiger partial charge >= 0.3 is 5.97 Å². The summed E-state index contributed by atoms with van der Waals surface area (Å²) < 4.78 is 1.46. The third-order valence-corrected chi connectivity index (χ3v) is 3.16. The topological polar surface area (TPSA) is 60.8 Å². The summed E-state index contributed by atoms with van der Waals surface area (Å²) in [5, 5.41) is 18.0. The molecular weight excluding hydrogens is 400 g/mol. The van der Waals surface area contributed by atoms with E-state index in [4.69, 9.17) is 5.11 Å². The van der Waals surface area contributed by atoms with Gasteiger partial charge in [0.05, 0.1) is 0 Å². The highest BCUT2D eigenvalue weighted by atomic mass is 127. The number of halogens is 2. The Labute approximate surface area is 103 Å². The van der Waals surface area contributed by atoms with Gasteiger partial charge in [0.15, 0.2) is 0 Å². The summed E-state index contributed by atoms with van der Waals surface area (Å²) in [5.74, 6) is -0.891. The van der Waals surface area contributed by atoms with E-state index in [1.54, 1.807) is 17.3 Å². The molecule has 0 aromatic carbocycles. The standard InChI is InChI=1S/C7H7I2NO3/c8-4-1-10(3-6(11)12)2-5(9)7(4)13/h1-2,7,13H,3H2,(H,11,12). The molecule has 0 aromatic heterocycles. The van der Waals surface area contributed by atoms with E-state index in [1.807, 2.05) is 45.2 Å². The van der Waals surface area contributed by atoms with Gasteiger partial charge in [-0.3, -0.25) is 4.79 Å². The molecule has 2 N–H and O–H groups in total. The van der Waals surface area contributed by atoms with Crippen LogP contribution >= 0.6 is 45.2 Å². The zero-order chi connectivity index (χ0) is 10.0. The smallest absolute Gasteiger partial charge is 0.323 e. The van der Waals surface area contributed by atoms with Gasteiger partial charge in [-0.25, -0.2) is 0 Å². The molecule has 0 spiro atoms. The van der Waals surface area contributed by atoms with Crippen molar-refractivity contribution in [3.63, 3.8) is 0 Å². The van der Waals surface area contributed by atoms with Gasteiger partial charge in [-0.1, -0.05) is 0 Å². The van der Waals surface area contributed by atoms with Crippen LogP contribution in [0.1, 0.15) is 0 Å². The fourth-order valence-corrected chi connectivity index (χ4v) is 2.86. The van der Waals surface area contributed by atoms with E-state index < -0.39 is 12.1 Å². The third kappa shape index (κ3) is 3.09. The highest BCUT2D eigenvalue weighted by Gasteiger charge is 2.19. The predicted molar refractivity (Wildman–Crippen MR) is 64.6 cm³/mol. The molecule has 0 saturated carbocycles. The summed E-state index contributed by atoms with van der Waals surface area (Å²) in [6.07, 6.45) is 2.66. The van der Waals surface area contributed by atoms with Crippen molar-refractivity contribution in [1.29, 1.82) is 0 Å². The zero-order valence-corrected chi connectivity index (χ0v) is 10.8. The second kappa shape index (κ2) is 4.60. The van der Waals surface area contributed by atoms with Crippen LogP contribution < -0.4 is 0 Å². The van der Waals surface area contributed by atoms with Crippen molar-refractivity contribution in [2.45, 2.75) is 6.10 Å². The van der Waals surface area contributed by atoms with Crippen LogP contribution in [0.2, 0.25) is 0 Å². The molecule has 4 nitrogen and oxygen atoms in total. The van der Waals surface area contributed by atoms with Gasteiger partial charge in [0.25, 0.3) is 0 Å². The first-order valence-corrected chi connectivity index (χ1v) is 5.56. The van der Waals surface area contributed by atoms with Gasteiger partial charge in [0, 0.05) is 19.6 Å². The van der Waals surface area contributed by atoms with Gasteiger partial charge in [-0.15, -0.1) is 0 Å². The summed E-state index contributed by atoms with van der Waals surface area (Å²) in [6.45, 7) is -0.0777. The van der Waals surface area contributed by atoms with E-state index in [1.165, 1.54) is 0 Å². The molecule has 1 rings (SSSR count). The quantitative estimate of drug-likeness (QED) is 0.679. The SMILES string of the molecule is O=C(O)CN1C=C(I)C(O)C(I)=C1. The lowest BCUT2D eigenvalue weighted by Gasteiger charge is -2.22. The minimum atomic E-state index is -0.891. The average molecular weight is 407 g/mol. The van der Waals surface area contributed by atoms with Crippen LogP contribution in [0.5, 0.6) is 0 Å². The highest BCUT2D eigenvalue weighted by molar-refractivity contribution is 14.1. The molecule has 0 saturated heterocycles. The van der Waals surface area contributed by atoms with Gasteiger partial charge in [-0.05, 0) is 45.2 Å². The van der Waals surface area contributed by atoms with Crippen LogP contribution in [-0.4, -0.2) is 33.7 Å². The number of hydrogen-bond donors (Lipinski definition) is 2. The van der Waals surface area contributed by atoms with Crippen molar-refractivity contribution in [2.75, 3.05) is 6.54 Å². The van der Waals surface area contributed by atoms with Gasteiger partial charge in [0.2, 0.25) is 0 Å². The van der Waals surface area contributed by atoms with Crippen LogP contribution in [0, 0.1) is 0 Å². The molecule has 0 radical (unpaired) electrons. The zero-order valence-electron chi connectivity index (χ0n) is 6.44. The molecular formula is C7H7I2NO3. The van der Waals surface area contributed by atoms with Crippen molar-refractivity contribution in [3.05, 3.63) is 19.6 Å². The molecule has 0 unspecified atom stereocenters. The number of aliphatic carboxylic acids is 1. The predicted octanol–water partition coefficient (Wildman–Crippen LogP) is 1.30. The van der Waals surface area contributed by atoms with Crippen molar-refractivity contribution in [2.24, 2.45) is 0 Å². The largest absolute Gasteiger partial charge is 0.480 e. The molecule has 1 heterocycles. The number of aliphatic hydroxyl groups is 1. The second-order valence-corrected chi connectivity index (χ2v) is 4.99. The number of rotatable bonds is 2. The van der Waals surface area contributed by atoms with E-state index in [0.29, 0.717) is 0 Å². The lowest BCUT2D eigenvalue weighted by molar-refractivity contribution is -0.137. The van der Waals surface area contributed by atoms with E-state index >= 15 is 0 Å². The molecule has 6 heteroatoms. The molecule has 1 aliphatic heterocycles. The van der Waals surface area contributed by atoms with E-state index in [9.17, 15) is 9.90 Å². The highest BCUT2D eigenvalue weighted by Crippen LogP contribution is 2.28. The van der Waals surface area contributed by atoms with E-state index in [-0.39, 0.29) is 6.54 Å². The summed E-state index contributed by atoms with van der Waals surface area (Å²) >= 11 is 3.98. The Bertz CT molecular complexity index is 267. The Kier molecular flexibility index (Phi) is 3.98. The Balaban J connectivity index is 2.75. The van der Waals surface area contributed by atoms with Crippen molar-refractivity contribution < 1.29 is 15.0 Å². The van der Waals surface area contributed by atoms with Gasteiger partial charge < -0.3 is 15.1 Å². The summed E-state index contributed by atoms with van der Waals surface area (Å²) in [6, 6.07) is 0. The number of hydrogen-bond acceptors (Lipinski definition) is 3. The minimum Gasteiger partial charge on any atom is -0.480 e. The molecule has 0 bridgehead atoms. The minimum absolute atomic E-state index is 0.0777. The van der Waals surface area contributed by atoms with E-state index in [2.05, 4.69) is 0 Å². The first kappa shape index (κ1) is 11.2. The lowest BCUT2D eigenvalue weighted by atomic mass is 10.3. The molecule has 0 atom stereocenters. The third-order valence-electron chi connectivity index (χ3n) is 1.42. The first-order valence-electron chi connectivity index (χ1n) is 3.40. The maximum atomic E-state index is 10.4. The van der Waals surface area contributed by atoms with Crippen LogP contribution in [0.3, 0.4) is 0 Å². The Morgan fingerprint density at radius 2 is 1.92 bits per heavy atom. The number of carbonyl (C=O) groups is 1. The van der Waals surface area contributed by atoms with Crippen LogP contribution in [-0.2, 0) is 4.79 Å². The second-order valence-electron chi connectivity index (χ2n) is 2.50. The number of carboxylic acids is 1. The maximum Gasteiger partial charge on any atom is 0.323 e. The van der Waals surface area contributed by atoms with Crippen LogP contribution in [0.25, 0.3) is 0 Å². The molecule has 0 amide bonds. The van der Waals surface area contributed by atoms with Crippen LogP contribution in [0.15, 0.2) is 19.6 Å². The number of nitrogens with zero attached hydrogens (tertiary/aromatic N) is 1. The van der Waals surface area contributed by atoms with Crippen molar-refractivity contribution in [1.82, 2.24) is 4.90 Å². The van der Waals surface area contributed by atoms with Crippen LogP contribution in [0.4, 0.5) is 0 Å². The van der Waals surface area contributed by atoms with Gasteiger partial charge in [0.1, 0.15) is 12.6 Å². The molecule has 13 heavy (non-hydrogen) atoms. The lowest BCUT2D eigenvalue weighted by Crippen LogP contribution is -2.25. The monoisotopic (exact) mass is 407 g/mol. The average Bonchev–Trinajstić information content (AvgIpc) is 1.98. The Morgan fingerprint density at radius 1 is 1.46 bits per heavy atom. The number of carboxylic acid groups (broad SMARTS) is 1. The molecule has 1 aliphatic rings. The summed E-state index contributed by atoms with van der Waals surface area (Å²) in [5.41, 5.74) is 0. The number of aliphatic hydroxyl groups excluding tert-OH is 1. The van der Waals surface area contributed by atoms with E-state index in [0.717, 1.165) is 7.16 Å². The maximum absolute atomic E-state index is 10.4. The molecule has 0 aromatic rings. The van der Waals surface area contributed by atoms with Gasteiger partial charge in [-0.2, -0.15) is 0 Å². The Hall–Kier alpha value is 0.170. The van der Waals surface area contributed by atoms with Crippen molar-refractivity contribution >= 4 is 51.2 Å². The Morgan fingerprint density at radius 3 is 2.31 bits per heavy atom. The normalized spacial score (nSPS) is 18.2. The molecule has 72 valence electrons. The van der Waals surface area contributed by atoms with Crippen molar-refractivity contribution in [3.8, 4) is 0 Å².